The zero-order valence-electron chi connectivity index (χ0n) is 16.1. The van der Waals surface area contributed by atoms with Crippen LogP contribution in [0.3, 0.4) is 0 Å². The molecule has 0 N–H and O–H groups in total. The summed E-state index contributed by atoms with van der Waals surface area (Å²) in [5.41, 5.74) is 0.127. The topological polar surface area (TPSA) is 36.9 Å². The molecule has 0 saturated carbocycles. The van der Waals surface area contributed by atoms with Crippen LogP contribution in [0.4, 0.5) is 0 Å². The first-order valence-electron chi connectivity index (χ1n) is 8.56. The van der Waals surface area contributed by atoms with Gasteiger partial charge in [-0.2, -0.15) is 0 Å². The maximum absolute atomic E-state index is 6.41. The van der Waals surface area contributed by atoms with Crippen molar-refractivity contribution in [3.63, 3.8) is 0 Å². The monoisotopic (exact) mass is 362 g/mol. The largest absolute Gasteiger partial charge is 0.414 e. The number of thioether (sulfide) groups is 1. The molecule has 23 heavy (non-hydrogen) atoms. The molecule has 2 unspecified atom stereocenters. The van der Waals surface area contributed by atoms with Gasteiger partial charge in [-0.1, -0.05) is 27.7 Å². The molecule has 0 radical (unpaired) electrons. The Bertz CT molecular complexity index is 421. The Kier molecular flexibility index (Phi) is 5.67. The van der Waals surface area contributed by atoms with E-state index in [9.17, 15) is 0 Å². The Morgan fingerprint density at radius 2 is 1.70 bits per heavy atom. The average Bonchev–Trinajstić information content (AvgIpc) is 2.73. The standard InChI is InChI=1S/C17H34O4SSi/c1-11-13-14(21-17(5,6)20-13)12(19-15(11)22-7)10-18-23(8,9)16(2,3)4/h11-15H,10H2,1-9H3/t11?,12?,13-,14+,15+/m1/s1. The summed E-state index contributed by atoms with van der Waals surface area (Å²) in [5, 5.41) is 0.194. The first kappa shape index (κ1) is 19.7. The molecule has 0 aliphatic carbocycles. The highest BCUT2D eigenvalue weighted by atomic mass is 32.2. The third-order valence-corrected chi connectivity index (χ3v) is 10.9. The van der Waals surface area contributed by atoms with Crippen molar-refractivity contribution in [1.82, 2.24) is 0 Å². The molecule has 2 saturated heterocycles. The van der Waals surface area contributed by atoms with Gasteiger partial charge in [0.25, 0.3) is 0 Å². The molecule has 2 aliphatic heterocycles. The van der Waals surface area contributed by atoms with Crippen LogP contribution >= 0.6 is 11.8 Å². The molecule has 4 nitrogen and oxygen atoms in total. The molecular weight excluding hydrogens is 328 g/mol. The SMILES string of the molecule is CS[C@@H]1OC(CO[Si](C)(C)C(C)(C)C)[C@@H]2OC(C)(C)O[C@@H]2C1C. The summed E-state index contributed by atoms with van der Waals surface area (Å²) in [6.07, 6.45) is 2.05. The van der Waals surface area contributed by atoms with E-state index in [-0.39, 0.29) is 28.8 Å². The first-order chi connectivity index (χ1) is 10.4. The fraction of sp³-hybridized carbons (Fsp3) is 1.00. The number of ether oxygens (including phenoxy) is 3. The molecule has 2 heterocycles. The van der Waals surface area contributed by atoms with Gasteiger partial charge in [0, 0.05) is 5.92 Å². The van der Waals surface area contributed by atoms with Crippen molar-refractivity contribution in [3.05, 3.63) is 0 Å². The van der Waals surface area contributed by atoms with E-state index in [0.717, 1.165) is 0 Å². The minimum absolute atomic E-state index is 0.0480. The number of hydrogen-bond acceptors (Lipinski definition) is 5. The van der Waals surface area contributed by atoms with Crippen LogP contribution in [-0.4, -0.2) is 50.7 Å². The summed E-state index contributed by atoms with van der Waals surface area (Å²) in [6, 6.07) is 0. The molecule has 0 amide bonds. The summed E-state index contributed by atoms with van der Waals surface area (Å²) >= 11 is 1.74. The fourth-order valence-electron chi connectivity index (χ4n) is 2.95. The van der Waals surface area contributed by atoms with Crippen molar-refractivity contribution >= 4 is 20.1 Å². The van der Waals surface area contributed by atoms with Crippen molar-refractivity contribution < 1.29 is 18.6 Å². The van der Waals surface area contributed by atoms with E-state index in [0.29, 0.717) is 12.5 Å². The summed E-state index contributed by atoms with van der Waals surface area (Å²) in [5.74, 6) is -0.240. The predicted octanol–water partition coefficient (Wildman–Crippen LogP) is 4.25. The second-order valence-corrected chi connectivity index (χ2v) is 14.5. The molecule has 2 aliphatic rings. The zero-order valence-corrected chi connectivity index (χ0v) is 18.0. The van der Waals surface area contributed by atoms with Gasteiger partial charge in [0.15, 0.2) is 14.1 Å². The third kappa shape index (κ3) is 4.15. The number of fused-ring (bicyclic) bond motifs is 1. The number of hydrogen-bond donors (Lipinski definition) is 0. The highest BCUT2D eigenvalue weighted by molar-refractivity contribution is 7.99. The Hall–Kier alpha value is 0.407. The quantitative estimate of drug-likeness (QED) is 0.699. The van der Waals surface area contributed by atoms with Crippen LogP contribution in [0.2, 0.25) is 18.1 Å². The van der Waals surface area contributed by atoms with Crippen molar-refractivity contribution in [2.45, 2.75) is 89.2 Å². The van der Waals surface area contributed by atoms with Gasteiger partial charge >= 0.3 is 0 Å². The second-order valence-electron chi connectivity index (χ2n) is 8.77. The summed E-state index contributed by atoms with van der Waals surface area (Å²) in [6.45, 7) is 18.1. The Balaban J connectivity index is 2.11. The highest BCUT2D eigenvalue weighted by Gasteiger charge is 2.54. The highest BCUT2D eigenvalue weighted by Crippen LogP contribution is 2.43. The average molecular weight is 363 g/mol. The van der Waals surface area contributed by atoms with Crippen LogP contribution in [0.15, 0.2) is 0 Å². The normalized spacial score (nSPS) is 37.7. The summed E-state index contributed by atoms with van der Waals surface area (Å²) < 4.78 is 25.1. The lowest BCUT2D eigenvalue weighted by molar-refractivity contribution is -0.158. The molecule has 0 aromatic carbocycles. The van der Waals surface area contributed by atoms with Crippen molar-refractivity contribution in [2.24, 2.45) is 5.92 Å². The van der Waals surface area contributed by atoms with Crippen molar-refractivity contribution in [3.8, 4) is 0 Å². The van der Waals surface area contributed by atoms with Crippen molar-refractivity contribution in [2.75, 3.05) is 12.9 Å². The van der Waals surface area contributed by atoms with Gasteiger partial charge in [-0.3, -0.25) is 0 Å². The van der Waals surface area contributed by atoms with Crippen LogP contribution in [-0.2, 0) is 18.6 Å². The molecule has 5 atom stereocenters. The molecule has 2 rings (SSSR count). The minimum atomic E-state index is -1.80. The Morgan fingerprint density at radius 3 is 2.22 bits per heavy atom. The van der Waals surface area contributed by atoms with Gasteiger partial charge in [-0.15, -0.1) is 11.8 Å². The second kappa shape index (κ2) is 6.61. The molecule has 6 heteroatoms. The molecule has 2 fully saturated rings. The van der Waals surface area contributed by atoms with Crippen molar-refractivity contribution in [1.29, 1.82) is 0 Å². The Morgan fingerprint density at radius 1 is 1.13 bits per heavy atom. The van der Waals surface area contributed by atoms with Gasteiger partial charge in [0.1, 0.15) is 17.6 Å². The maximum atomic E-state index is 6.41. The minimum Gasteiger partial charge on any atom is -0.414 e. The van der Waals surface area contributed by atoms with Crippen LogP contribution in [0.25, 0.3) is 0 Å². The first-order valence-corrected chi connectivity index (χ1v) is 12.8. The van der Waals surface area contributed by atoms with Gasteiger partial charge < -0.3 is 18.6 Å². The van der Waals surface area contributed by atoms with Gasteiger partial charge in [0.05, 0.1) is 12.7 Å². The van der Waals surface area contributed by atoms with Crippen LogP contribution < -0.4 is 0 Å². The molecular formula is C17H34O4SSi. The van der Waals surface area contributed by atoms with E-state index < -0.39 is 14.1 Å². The lowest BCUT2D eigenvalue weighted by atomic mass is 9.94. The van der Waals surface area contributed by atoms with E-state index in [4.69, 9.17) is 18.6 Å². The van der Waals surface area contributed by atoms with E-state index in [2.05, 4.69) is 47.0 Å². The zero-order chi connectivity index (χ0) is 17.6. The molecule has 0 bridgehead atoms. The van der Waals surface area contributed by atoms with Gasteiger partial charge in [-0.05, 0) is 38.2 Å². The van der Waals surface area contributed by atoms with Crippen LogP contribution in [0.1, 0.15) is 41.5 Å². The van der Waals surface area contributed by atoms with Crippen LogP contribution in [0, 0.1) is 5.92 Å². The maximum Gasteiger partial charge on any atom is 0.192 e. The van der Waals surface area contributed by atoms with Gasteiger partial charge in [-0.25, -0.2) is 0 Å². The summed E-state index contributed by atoms with van der Waals surface area (Å²) in [4.78, 5) is 0. The lowest BCUT2D eigenvalue weighted by Crippen LogP contribution is -2.54. The smallest absolute Gasteiger partial charge is 0.192 e. The summed E-state index contributed by atoms with van der Waals surface area (Å²) in [7, 11) is -1.80. The van der Waals surface area contributed by atoms with E-state index in [1.807, 2.05) is 13.8 Å². The Labute approximate surface area is 147 Å². The molecule has 0 spiro atoms. The van der Waals surface area contributed by atoms with Gasteiger partial charge in [0.2, 0.25) is 0 Å². The molecule has 0 aromatic rings. The molecule has 136 valence electrons. The van der Waals surface area contributed by atoms with E-state index >= 15 is 0 Å². The third-order valence-electron chi connectivity index (χ3n) is 5.43. The molecule has 0 aromatic heterocycles. The number of rotatable bonds is 4. The van der Waals surface area contributed by atoms with E-state index in [1.165, 1.54) is 0 Å². The predicted molar refractivity (Wildman–Crippen MR) is 98.3 cm³/mol. The van der Waals surface area contributed by atoms with E-state index in [1.54, 1.807) is 11.8 Å². The van der Waals surface area contributed by atoms with Crippen LogP contribution in [0.5, 0.6) is 0 Å². The fourth-order valence-corrected chi connectivity index (χ4v) is 4.80. The lowest BCUT2D eigenvalue weighted by Gasteiger charge is -2.43.